The number of hydrogen-bond acceptors (Lipinski definition) is 4. The van der Waals surface area contributed by atoms with Crippen molar-refractivity contribution in [1.82, 2.24) is 0 Å². The Labute approximate surface area is 108 Å². The summed E-state index contributed by atoms with van der Waals surface area (Å²) in [5, 5.41) is 0. The van der Waals surface area contributed by atoms with Gasteiger partial charge in [-0.25, -0.2) is 0 Å². The van der Waals surface area contributed by atoms with E-state index in [1.807, 2.05) is 24.3 Å². The van der Waals surface area contributed by atoms with Crippen LogP contribution in [0, 0.1) is 5.92 Å². The van der Waals surface area contributed by atoms with Crippen LogP contribution in [0.4, 0.5) is 5.69 Å². The Morgan fingerprint density at radius 1 is 1.56 bits per heavy atom. The number of hydrogen-bond donors (Lipinski definition) is 1. The first-order valence-corrected chi connectivity index (χ1v) is 6.40. The maximum absolute atomic E-state index is 6.02. The molecular weight excluding hydrogens is 226 g/mol. The van der Waals surface area contributed by atoms with Gasteiger partial charge in [-0.05, 0) is 18.1 Å². The Balaban J connectivity index is 2.30. The molecule has 0 amide bonds. The minimum absolute atomic E-state index is 0.349. The molecule has 0 radical (unpaired) electrons. The van der Waals surface area contributed by atoms with Gasteiger partial charge in [-0.15, -0.1) is 0 Å². The zero-order chi connectivity index (χ0) is 13.1. The number of anilines is 1. The number of benzene rings is 1. The largest absolute Gasteiger partial charge is 0.497 e. The van der Waals surface area contributed by atoms with E-state index in [4.69, 9.17) is 10.5 Å². The van der Waals surface area contributed by atoms with Gasteiger partial charge in [-0.1, -0.05) is 26.3 Å². The molecule has 0 spiro atoms. The van der Waals surface area contributed by atoms with Crippen LogP contribution in [-0.2, 0) is 0 Å². The first-order valence-electron chi connectivity index (χ1n) is 6.40. The van der Waals surface area contributed by atoms with Crippen LogP contribution in [0.15, 0.2) is 29.3 Å². The Kier molecular flexibility index (Phi) is 3.75. The number of nitrogens with two attached hydrogens (primary N) is 1. The van der Waals surface area contributed by atoms with Crippen LogP contribution in [0.3, 0.4) is 0 Å². The average Bonchev–Trinajstić information content (AvgIpc) is 2.79. The zero-order valence-corrected chi connectivity index (χ0v) is 11.3. The SMILES string of the molecule is CCC(C)C1CN=C(N)N1c1cccc(OC)c1. The molecular formula is C14H21N3O. The fourth-order valence-corrected chi connectivity index (χ4v) is 2.31. The highest BCUT2D eigenvalue weighted by molar-refractivity contribution is 5.97. The van der Waals surface area contributed by atoms with Gasteiger partial charge in [0.25, 0.3) is 0 Å². The third kappa shape index (κ3) is 2.28. The van der Waals surface area contributed by atoms with E-state index in [9.17, 15) is 0 Å². The van der Waals surface area contributed by atoms with E-state index < -0.39 is 0 Å². The van der Waals surface area contributed by atoms with Crippen LogP contribution >= 0.6 is 0 Å². The van der Waals surface area contributed by atoms with Crippen molar-refractivity contribution in [3.8, 4) is 5.75 Å². The first kappa shape index (κ1) is 12.7. The normalized spacial score (nSPS) is 20.7. The summed E-state index contributed by atoms with van der Waals surface area (Å²) in [4.78, 5) is 6.50. The summed E-state index contributed by atoms with van der Waals surface area (Å²) in [6.07, 6.45) is 1.12. The topological polar surface area (TPSA) is 50.8 Å². The zero-order valence-electron chi connectivity index (χ0n) is 11.3. The van der Waals surface area contributed by atoms with E-state index in [1.54, 1.807) is 7.11 Å². The lowest BCUT2D eigenvalue weighted by molar-refractivity contribution is 0.414. The van der Waals surface area contributed by atoms with Crippen LogP contribution in [0.1, 0.15) is 20.3 Å². The third-order valence-electron chi connectivity index (χ3n) is 3.65. The van der Waals surface area contributed by atoms with E-state index in [1.165, 1.54) is 0 Å². The van der Waals surface area contributed by atoms with Gasteiger partial charge in [0.1, 0.15) is 5.75 Å². The van der Waals surface area contributed by atoms with Gasteiger partial charge in [0.2, 0.25) is 0 Å². The molecule has 0 aromatic heterocycles. The Morgan fingerprint density at radius 2 is 2.33 bits per heavy atom. The van der Waals surface area contributed by atoms with E-state index in [0.717, 1.165) is 24.4 Å². The van der Waals surface area contributed by atoms with Crippen molar-refractivity contribution >= 4 is 11.6 Å². The lowest BCUT2D eigenvalue weighted by atomic mass is 9.98. The molecule has 1 aliphatic heterocycles. The average molecular weight is 247 g/mol. The molecule has 98 valence electrons. The molecule has 0 saturated carbocycles. The van der Waals surface area contributed by atoms with Crippen LogP contribution in [-0.4, -0.2) is 25.7 Å². The van der Waals surface area contributed by atoms with Gasteiger partial charge >= 0.3 is 0 Å². The number of methoxy groups -OCH3 is 1. The number of nitrogens with zero attached hydrogens (tertiary/aromatic N) is 2. The van der Waals surface area contributed by atoms with Crippen LogP contribution in [0.5, 0.6) is 5.75 Å². The molecule has 1 aromatic rings. The number of aliphatic imine (C=N–C) groups is 1. The molecule has 0 bridgehead atoms. The molecule has 0 fully saturated rings. The number of guanidine groups is 1. The molecule has 1 aromatic carbocycles. The van der Waals surface area contributed by atoms with Gasteiger partial charge in [-0.2, -0.15) is 0 Å². The molecule has 0 saturated heterocycles. The van der Waals surface area contributed by atoms with Crippen molar-refractivity contribution in [1.29, 1.82) is 0 Å². The van der Waals surface area contributed by atoms with E-state index in [-0.39, 0.29) is 0 Å². The molecule has 1 heterocycles. The van der Waals surface area contributed by atoms with Crippen molar-refractivity contribution in [3.05, 3.63) is 24.3 Å². The Morgan fingerprint density at radius 3 is 3.00 bits per heavy atom. The molecule has 18 heavy (non-hydrogen) atoms. The molecule has 1 aliphatic rings. The monoisotopic (exact) mass is 247 g/mol. The lowest BCUT2D eigenvalue weighted by Gasteiger charge is -2.30. The van der Waals surface area contributed by atoms with Crippen molar-refractivity contribution in [2.45, 2.75) is 26.3 Å². The second kappa shape index (κ2) is 5.29. The third-order valence-corrected chi connectivity index (χ3v) is 3.65. The summed E-state index contributed by atoms with van der Waals surface area (Å²) in [5.41, 5.74) is 7.07. The fraction of sp³-hybridized carbons (Fsp3) is 0.500. The highest BCUT2D eigenvalue weighted by Crippen LogP contribution is 2.28. The predicted molar refractivity (Wildman–Crippen MR) is 75.2 cm³/mol. The van der Waals surface area contributed by atoms with Gasteiger partial charge in [0.15, 0.2) is 5.96 Å². The van der Waals surface area contributed by atoms with Gasteiger partial charge in [-0.3, -0.25) is 4.99 Å². The van der Waals surface area contributed by atoms with Crippen LogP contribution in [0.25, 0.3) is 0 Å². The molecule has 4 nitrogen and oxygen atoms in total. The second-order valence-electron chi connectivity index (χ2n) is 4.72. The molecule has 2 atom stereocenters. The van der Waals surface area contributed by atoms with E-state index in [2.05, 4.69) is 23.7 Å². The maximum Gasteiger partial charge on any atom is 0.196 e. The van der Waals surface area contributed by atoms with Crippen molar-refractivity contribution in [3.63, 3.8) is 0 Å². The quantitative estimate of drug-likeness (QED) is 0.887. The minimum Gasteiger partial charge on any atom is -0.497 e. The minimum atomic E-state index is 0.349. The Bertz CT molecular complexity index is 444. The maximum atomic E-state index is 6.02. The van der Waals surface area contributed by atoms with Gasteiger partial charge < -0.3 is 15.4 Å². The summed E-state index contributed by atoms with van der Waals surface area (Å²) >= 11 is 0. The second-order valence-corrected chi connectivity index (χ2v) is 4.72. The van der Waals surface area contributed by atoms with Crippen molar-refractivity contribution in [2.75, 3.05) is 18.6 Å². The highest BCUT2D eigenvalue weighted by Gasteiger charge is 2.30. The summed E-state index contributed by atoms with van der Waals surface area (Å²) in [5.74, 6) is 2.00. The smallest absolute Gasteiger partial charge is 0.196 e. The van der Waals surface area contributed by atoms with E-state index in [0.29, 0.717) is 17.9 Å². The first-order chi connectivity index (χ1) is 8.67. The lowest BCUT2D eigenvalue weighted by Crippen LogP contribution is -2.44. The molecule has 2 rings (SSSR count). The van der Waals surface area contributed by atoms with Crippen molar-refractivity contribution < 1.29 is 4.74 Å². The number of ether oxygens (including phenoxy) is 1. The standard InChI is InChI=1S/C14H21N3O/c1-4-10(2)13-9-16-14(15)17(13)11-6-5-7-12(8-11)18-3/h5-8,10,13H,4,9H2,1-3H3,(H2,15,16). The highest BCUT2D eigenvalue weighted by atomic mass is 16.5. The summed E-state index contributed by atoms with van der Waals surface area (Å²) in [6, 6.07) is 8.31. The van der Waals surface area contributed by atoms with Gasteiger partial charge in [0.05, 0.1) is 19.7 Å². The predicted octanol–water partition coefficient (Wildman–Crippen LogP) is 2.24. The fourth-order valence-electron chi connectivity index (χ4n) is 2.31. The van der Waals surface area contributed by atoms with Gasteiger partial charge in [0, 0.05) is 11.8 Å². The number of rotatable bonds is 4. The Hall–Kier alpha value is -1.71. The summed E-state index contributed by atoms with van der Waals surface area (Å²) < 4.78 is 5.26. The summed E-state index contributed by atoms with van der Waals surface area (Å²) in [7, 11) is 1.67. The molecule has 2 unspecified atom stereocenters. The van der Waals surface area contributed by atoms with Crippen LogP contribution in [0.2, 0.25) is 0 Å². The van der Waals surface area contributed by atoms with Crippen molar-refractivity contribution in [2.24, 2.45) is 16.6 Å². The molecule has 2 N–H and O–H groups in total. The van der Waals surface area contributed by atoms with E-state index >= 15 is 0 Å². The molecule has 4 heteroatoms. The summed E-state index contributed by atoms with van der Waals surface area (Å²) in [6.45, 7) is 5.22. The molecule has 0 aliphatic carbocycles. The van der Waals surface area contributed by atoms with Crippen LogP contribution < -0.4 is 15.4 Å².